The van der Waals surface area contributed by atoms with E-state index in [0.717, 1.165) is 38.5 Å². The fourth-order valence-corrected chi connectivity index (χ4v) is 6.81. The molecule has 0 aromatic rings. The first kappa shape index (κ1) is 46.2. The smallest absolute Gasteiger partial charge is 0.220 e. The minimum atomic E-state index is -1.55. The molecule has 1 aliphatic rings. The summed E-state index contributed by atoms with van der Waals surface area (Å²) in [4.78, 5) is 12.9. The molecule has 6 N–H and O–H groups in total. The number of rotatable bonds is 34. The summed E-state index contributed by atoms with van der Waals surface area (Å²) in [5.74, 6) is -0.144. The Balaban J connectivity index is 2.38. The van der Waals surface area contributed by atoms with E-state index >= 15 is 0 Å². The van der Waals surface area contributed by atoms with E-state index in [4.69, 9.17) is 9.47 Å². The third-order valence-electron chi connectivity index (χ3n) is 10.2. The van der Waals surface area contributed by atoms with E-state index < -0.39 is 49.5 Å². The number of aliphatic hydroxyl groups is 5. The number of aliphatic hydroxyl groups excluding tert-OH is 5. The lowest BCUT2D eigenvalue weighted by Crippen LogP contribution is -2.60. The van der Waals surface area contributed by atoms with Crippen LogP contribution in [0.4, 0.5) is 0 Å². The summed E-state index contributed by atoms with van der Waals surface area (Å²) in [7, 11) is 0. The number of ether oxygens (including phenoxy) is 2. The van der Waals surface area contributed by atoms with Gasteiger partial charge < -0.3 is 40.3 Å². The van der Waals surface area contributed by atoms with E-state index in [0.29, 0.717) is 12.8 Å². The second kappa shape index (κ2) is 31.9. The zero-order chi connectivity index (χ0) is 36.0. The molecule has 1 heterocycles. The number of amides is 1. The number of hydrogen-bond acceptors (Lipinski definition) is 8. The molecule has 0 radical (unpaired) electrons. The largest absolute Gasteiger partial charge is 0.394 e. The Morgan fingerprint density at radius 2 is 1.02 bits per heavy atom. The monoisotopic (exact) mass is 702 g/mol. The number of carbonyl (C=O) groups is 1. The molecule has 0 bridgehead atoms. The van der Waals surface area contributed by atoms with Crippen molar-refractivity contribution in [3.8, 4) is 0 Å². The van der Waals surface area contributed by atoms with Crippen molar-refractivity contribution in [3.63, 3.8) is 0 Å². The molecule has 7 atom stereocenters. The lowest BCUT2D eigenvalue weighted by molar-refractivity contribution is -0.302. The summed E-state index contributed by atoms with van der Waals surface area (Å²) in [5, 5.41) is 54.1. The fraction of sp³-hybridized carbons (Fsp3) is 0.975. The molecule has 0 saturated carbocycles. The molecule has 0 aromatic carbocycles. The molecule has 9 heteroatoms. The van der Waals surface area contributed by atoms with Crippen LogP contribution in [0.1, 0.15) is 194 Å². The molecule has 0 aliphatic carbocycles. The van der Waals surface area contributed by atoms with Crippen molar-refractivity contribution in [2.24, 2.45) is 0 Å². The first-order valence-corrected chi connectivity index (χ1v) is 20.7. The maximum Gasteiger partial charge on any atom is 0.220 e. The summed E-state index contributed by atoms with van der Waals surface area (Å²) >= 11 is 0. The first-order chi connectivity index (χ1) is 23.8. The highest BCUT2D eigenvalue weighted by molar-refractivity contribution is 5.76. The highest BCUT2D eigenvalue weighted by Crippen LogP contribution is 2.23. The minimum absolute atomic E-state index is 0.132. The van der Waals surface area contributed by atoms with Crippen LogP contribution in [0.3, 0.4) is 0 Å². The molecule has 1 rings (SSSR count). The zero-order valence-corrected chi connectivity index (χ0v) is 31.7. The molecular formula is C40H79NO8. The second-order valence-corrected chi connectivity index (χ2v) is 14.8. The SMILES string of the molecule is CCCCCCCCCCCCCCCC(=O)NC(CO[C@@H]1O[C@H](CO)[C@H](O)[C@H](O)[C@H]1O)C(O)CCCCCCCCCCCCCCC. The predicted octanol–water partition coefficient (Wildman–Crippen LogP) is 7.61. The third kappa shape index (κ3) is 23.4. The Kier molecular flexibility index (Phi) is 30.1. The summed E-state index contributed by atoms with van der Waals surface area (Å²) in [6.45, 7) is 3.82. The molecule has 1 saturated heterocycles. The van der Waals surface area contributed by atoms with Gasteiger partial charge in [0.05, 0.1) is 25.4 Å². The summed E-state index contributed by atoms with van der Waals surface area (Å²) < 4.78 is 11.2. The van der Waals surface area contributed by atoms with Gasteiger partial charge in [-0.3, -0.25) is 4.79 Å². The van der Waals surface area contributed by atoms with Crippen LogP contribution in [-0.4, -0.2) is 87.5 Å². The van der Waals surface area contributed by atoms with Crippen LogP contribution < -0.4 is 5.32 Å². The van der Waals surface area contributed by atoms with Crippen molar-refractivity contribution < 1.29 is 39.8 Å². The maximum atomic E-state index is 12.9. The Labute approximate surface area is 300 Å². The van der Waals surface area contributed by atoms with E-state index in [1.165, 1.54) is 128 Å². The van der Waals surface area contributed by atoms with Gasteiger partial charge in [-0.05, 0) is 12.8 Å². The van der Waals surface area contributed by atoms with Crippen LogP contribution in [0.5, 0.6) is 0 Å². The number of hydrogen-bond donors (Lipinski definition) is 6. The van der Waals surface area contributed by atoms with E-state index in [2.05, 4.69) is 19.2 Å². The molecule has 2 unspecified atom stereocenters. The molecule has 49 heavy (non-hydrogen) atoms. The number of unbranched alkanes of at least 4 members (excludes halogenated alkanes) is 24. The highest BCUT2D eigenvalue weighted by Gasteiger charge is 2.44. The quantitative estimate of drug-likeness (QED) is 0.0376. The standard InChI is InChI=1S/C40H79NO8/c1-3-5-7-9-11-13-15-17-19-21-23-25-27-29-34(43)33(32-48-40-39(47)38(46)37(45)35(31-42)49-40)41-36(44)30-28-26-24-22-20-18-16-14-12-10-8-6-4-2/h33-35,37-40,42-43,45-47H,3-32H2,1-2H3,(H,41,44)/t33?,34?,35-,37+,38+,39-,40-/m1/s1. The Hall–Kier alpha value is -0.810. The van der Waals surface area contributed by atoms with E-state index in [-0.39, 0.29) is 12.5 Å². The molecule has 0 spiro atoms. The third-order valence-corrected chi connectivity index (χ3v) is 10.2. The van der Waals surface area contributed by atoms with Gasteiger partial charge >= 0.3 is 0 Å². The molecule has 1 aliphatic heterocycles. The van der Waals surface area contributed by atoms with Gasteiger partial charge in [0.25, 0.3) is 0 Å². The van der Waals surface area contributed by atoms with Crippen molar-refractivity contribution >= 4 is 5.91 Å². The van der Waals surface area contributed by atoms with Crippen LogP contribution in [-0.2, 0) is 14.3 Å². The zero-order valence-electron chi connectivity index (χ0n) is 31.7. The van der Waals surface area contributed by atoms with Gasteiger partial charge in [0.1, 0.15) is 24.4 Å². The summed E-state index contributed by atoms with van der Waals surface area (Å²) in [6.07, 6.45) is 25.3. The molecule has 292 valence electrons. The summed E-state index contributed by atoms with van der Waals surface area (Å²) in [5.41, 5.74) is 0. The van der Waals surface area contributed by atoms with Crippen LogP contribution in [0.15, 0.2) is 0 Å². The average Bonchev–Trinajstić information content (AvgIpc) is 3.10. The molecular weight excluding hydrogens is 622 g/mol. The normalized spacial score (nSPS) is 22.3. The summed E-state index contributed by atoms with van der Waals surface area (Å²) in [6, 6.07) is -0.709. The predicted molar refractivity (Wildman–Crippen MR) is 198 cm³/mol. The van der Waals surface area contributed by atoms with Gasteiger partial charge in [-0.1, -0.05) is 174 Å². The maximum absolute atomic E-state index is 12.9. The van der Waals surface area contributed by atoms with Gasteiger partial charge in [-0.2, -0.15) is 0 Å². The molecule has 9 nitrogen and oxygen atoms in total. The minimum Gasteiger partial charge on any atom is -0.394 e. The average molecular weight is 702 g/mol. The van der Waals surface area contributed by atoms with Crippen molar-refractivity contribution in [2.75, 3.05) is 13.2 Å². The van der Waals surface area contributed by atoms with Crippen LogP contribution in [0, 0.1) is 0 Å². The van der Waals surface area contributed by atoms with Crippen LogP contribution >= 0.6 is 0 Å². The van der Waals surface area contributed by atoms with Crippen LogP contribution in [0.25, 0.3) is 0 Å². The van der Waals surface area contributed by atoms with Gasteiger partial charge in [0, 0.05) is 6.42 Å². The van der Waals surface area contributed by atoms with E-state index in [9.17, 15) is 30.3 Å². The van der Waals surface area contributed by atoms with Gasteiger partial charge in [0.2, 0.25) is 5.91 Å². The van der Waals surface area contributed by atoms with Gasteiger partial charge in [-0.15, -0.1) is 0 Å². The first-order valence-electron chi connectivity index (χ1n) is 20.7. The lowest BCUT2D eigenvalue weighted by Gasteiger charge is -2.40. The topological polar surface area (TPSA) is 149 Å². The van der Waals surface area contributed by atoms with Crippen molar-refractivity contribution in [1.82, 2.24) is 5.32 Å². The highest BCUT2D eigenvalue weighted by atomic mass is 16.7. The van der Waals surface area contributed by atoms with Crippen molar-refractivity contribution in [3.05, 3.63) is 0 Å². The number of carbonyl (C=O) groups excluding carboxylic acids is 1. The second-order valence-electron chi connectivity index (χ2n) is 14.8. The van der Waals surface area contributed by atoms with Gasteiger partial charge in [0.15, 0.2) is 6.29 Å². The van der Waals surface area contributed by atoms with Gasteiger partial charge in [-0.25, -0.2) is 0 Å². The molecule has 1 amide bonds. The van der Waals surface area contributed by atoms with Crippen LogP contribution in [0.2, 0.25) is 0 Å². The van der Waals surface area contributed by atoms with Crippen molar-refractivity contribution in [2.45, 2.75) is 236 Å². The van der Waals surface area contributed by atoms with E-state index in [1.807, 2.05) is 0 Å². The van der Waals surface area contributed by atoms with E-state index in [1.54, 1.807) is 0 Å². The Morgan fingerprint density at radius 1 is 0.612 bits per heavy atom. The molecule has 1 fully saturated rings. The molecule has 0 aromatic heterocycles. The Bertz CT molecular complexity index is 741. The fourth-order valence-electron chi connectivity index (χ4n) is 6.81. The van der Waals surface area contributed by atoms with Crippen molar-refractivity contribution in [1.29, 1.82) is 0 Å². The number of nitrogens with one attached hydrogen (secondary N) is 1. The Morgan fingerprint density at radius 3 is 1.45 bits per heavy atom. The lowest BCUT2D eigenvalue weighted by atomic mass is 9.99.